The summed E-state index contributed by atoms with van der Waals surface area (Å²) in [6.07, 6.45) is 0. The largest absolute Gasteiger partial charge is 0.491 e. The normalized spacial score (nSPS) is 10.3. The number of carbonyl (C=O) groups is 1. The SMILES string of the molecule is CCOCCOc1ccc(NC(=O)c2ccccc2Cl)cc1. The summed E-state index contributed by atoms with van der Waals surface area (Å²) in [5.74, 6) is 0.492. The number of hydrogen-bond acceptors (Lipinski definition) is 3. The fourth-order valence-corrected chi connectivity index (χ4v) is 2.06. The lowest BCUT2D eigenvalue weighted by atomic mass is 10.2. The van der Waals surface area contributed by atoms with Gasteiger partial charge in [-0.3, -0.25) is 4.79 Å². The zero-order valence-electron chi connectivity index (χ0n) is 12.3. The second-order valence-corrected chi connectivity index (χ2v) is 4.91. The Bertz CT molecular complexity index is 614. The monoisotopic (exact) mass is 319 g/mol. The molecular weight excluding hydrogens is 302 g/mol. The second kappa shape index (κ2) is 8.41. The first-order valence-corrected chi connectivity index (χ1v) is 7.45. The minimum absolute atomic E-state index is 0.240. The Hall–Kier alpha value is -2.04. The third kappa shape index (κ3) is 4.76. The molecule has 0 radical (unpaired) electrons. The van der Waals surface area contributed by atoms with Gasteiger partial charge >= 0.3 is 0 Å². The molecule has 0 spiro atoms. The highest BCUT2D eigenvalue weighted by atomic mass is 35.5. The van der Waals surface area contributed by atoms with Crippen LogP contribution in [0.25, 0.3) is 0 Å². The highest BCUT2D eigenvalue weighted by Crippen LogP contribution is 2.19. The van der Waals surface area contributed by atoms with E-state index in [-0.39, 0.29) is 5.91 Å². The molecule has 0 aliphatic carbocycles. The minimum atomic E-state index is -0.240. The Morgan fingerprint density at radius 3 is 2.50 bits per heavy atom. The summed E-state index contributed by atoms with van der Waals surface area (Å²) in [6, 6.07) is 14.1. The maximum Gasteiger partial charge on any atom is 0.257 e. The summed E-state index contributed by atoms with van der Waals surface area (Å²) >= 11 is 6.00. The fourth-order valence-electron chi connectivity index (χ4n) is 1.84. The molecule has 116 valence electrons. The summed E-state index contributed by atoms with van der Waals surface area (Å²) < 4.78 is 10.7. The van der Waals surface area contributed by atoms with Crippen LogP contribution < -0.4 is 10.1 Å². The van der Waals surface area contributed by atoms with Crippen molar-refractivity contribution in [2.24, 2.45) is 0 Å². The molecule has 1 N–H and O–H groups in total. The molecule has 2 aromatic rings. The number of hydrogen-bond donors (Lipinski definition) is 1. The van der Waals surface area contributed by atoms with Crippen LogP contribution in [0.4, 0.5) is 5.69 Å². The Labute approximate surface area is 135 Å². The average Bonchev–Trinajstić information content (AvgIpc) is 2.53. The molecule has 2 rings (SSSR count). The molecule has 0 atom stereocenters. The van der Waals surface area contributed by atoms with Gasteiger partial charge in [0.05, 0.1) is 17.2 Å². The van der Waals surface area contributed by atoms with Crippen LogP contribution in [0, 0.1) is 0 Å². The minimum Gasteiger partial charge on any atom is -0.491 e. The van der Waals surface area contributed by atoms with Crippen molar-refractivity contribution in [3.05, 3.63) is 59.1 Å². The van der Waals surface area contributed by atoms with Gasteiger partial charge in [0.15, 0.2) is 0 Å². The fraction of sp³-hybridized carbons (Fsp3) is 0.235. The summed E-state index contributed by atoms with van der Waals surface area (Å²) in [6.45, 7) is 3.67. The molecular formula is C17H18ClNO3. The van der Waals surface area contributed by atoms with Gasteiger partial charge in [-0.2, -0.15) is 0 Å². The number of ether oxygens (including phenoxy) is 2. The first-order valence-electron chi connectivity index (χ1n) is 7.07. The predicted molar refractivity (Wildman–Crippen MR) is 87.8 cm³/mol. The molecule has 0 saturated heterocycles. The van der Waals surface area contributed by atoms with Crippen molar-refractivity contribution in [3.63, 3.8) is 0 Å². The van der Waals surface area contributed by atoms with Gasteiger partial charge in [0.25, 0.3) is 5.91 Å². The maximum atomic E-state index is 12.1. The van der Waals surface area contributed by atoms with Gasteiger partial charge in [-0.1, -0.05) is 23.7 Å². The molecule has 0 bridgehead atoms. The standard InChI is InChI=1S/C17H18ClNO3/c1-2-21-11-12-22-14-9-7-13(8-10-14)19-17(20)15-5-3-4-6-16(15)18/h3-10H,2,11-12H2,1H3,(H,19,20). The molecule has 0 fully saturated rings. The van der Waals surface area contributed by atoms with Crippen LogP contribution in [-0.4, -0.2) is 25.7 Å². The Morgan fingerprint density at radius 1 is 1.09 bits per heavy atom. The van der Waals surface area contributed by atoms with E-state index in [2.05, 4.69) is 5.32 Å². The molecule has 0 unspecified atom stereocenters. The van der Waals surface area contributed by atoms with Crippen molar-refractivity contribution in [2.45, 2.75) is 6.92 Å². The third-order valence-electron chi connectivity index (χ3n) is 2.93. The molecule has 22 heavy (non-hydrogen) atoms. The van der Waals surface area contributed by atoms with Crippen LogP contribution in [0.2, 0.25) is 5.02 Å². The quantitative estimate of drug-likeness (QED) is 0.784. The van der Waals surface area contributed by atoms with Gasteiger partial charge in [-0.15, -0.1) is 0 Å². The zero-order valence-corrected chi connectivity index (χ0v) is 13.1. The van der Waals surface area contributed by atoms with Gasteiger partial charge in [0.2, 0.25) is 0 Å². The van der Waals surface area contributed by atoms with E-state index in [0.29, 0.717) is 36.1 Å². The van der Waals surface area contributed by atoms with Crippen molar-refractivity contribution in [3.8, 4) is 5.75 Å². The summed E-state index contributed by atoms with van der Waals surface area (Å²) in [7, 11) is 0. The van der Waals surface area contributed by atoms with Crippen LogP contribution in [0.1, 0.15) is 17.3 Å². The summed E-state index contributed by atoms with van der Waals surface area (Å²) in [5, 5.41) is 3.23. The zero-order chi connectivity index (χ0) is 15.8. The van der Waals surface area contributed by atoms with E-state index in [9.17, 15) is 4.79 Å². The lowest BCUT2D eigenvalue weighted by Crippen LogP contribution is -2.12. The lowest BCUT2D eigenvalue weighted by Gasteiger charge is -2.09. The molecule has 1 amide bonds. The third-order valence-corrected chi connectivity index (χ3v) is 3.26. The van der Waals surface area contributed by atoms with Crippen molar-refractivity contribution in [2.75, 3.05) is 25.1 Å². The number of halogens is 1. The van der Waals surface area contributed by atoms with Crippen LogP contribution in [0.3, 0.4) is 0 Å². The molecule has 2 aromatic carbocycles. The van der Waals surface area contributed by atoms with E-state index in [0.717, 1.165) is 5.75 Å². The topological polar surface area (TPSA) is 47.6 Å². The van der Waals surface area contributed by atoms with Crippen molar-refractivity contribution in [1.29, 1.82) is 0 Å². The van der Waals surface area contributed by atoms with E-state index >= 15 is 0 Å². The number of nitrogens with one attached hydrogen (secondary N) is 1. The second-order valence-electron chi connectivity index (χ2n) is 4.50. The van der Waals surface area contributed by atoms with Crippen LogP contribution in [0.15, 0.2) is 48.5 Å². The Kier molecular flexibility index (Phi) is 6.25. The van der Waals surface area contributed by atoms with Gasteiger partial charge in [0.1, 0.15) is 12.4 Å². The average molecular weight is 320 g/mol. The van der Waals surface area contributed by atoms with E-state index in [1.54, 1.807) is 48.5 Å². The van der Waals surface area contributed by atoms with Gasteiger partial charge < -0.3 is 14.8 Å². The molecule has 0 saturated carbocycles. The van der Waals surface area contributed by atoms with Crippen molar-refractivity contribution >= 4 is 23.2 Å². The summed E-state index contributed by atoms with van der Waals surface area (Å²) in [4.78, 5) is 12.1. The number of amides is 1. The number of anilines is 1. The van der Waals surface area contributed by atoms with E-state index in [1.165, 1.54) is 0 Å². The number of carbonyl (C=O) groups excluding carboxylic acids is 1. The van der Waals surface area contributed by atoms with Crippen molar-refractivity contribution in [1.82, 2.24) is 0 Å². The molecule has 0 aromatic heterocycles. The lowest BCUT2D eigenvalue weighted by molar-refractivity contribution is 0.102. The molecule has 5 heteroatoms. The molecule has 0 aliphatic rings. The maximum absolute atomic E-state index is 12.1. The van der Waals surface area contributed by atoms with Gasteiger partial charge in [0, 0.05) is 12.3 Å². The first kappa shape index (κ1) is 16.3. The predicted octanol–water partition coefficient (Wildman–Crippen LogP) is 4.01. The smallest absolute Gasteiger partial charge is 0.257 e. The van der Waals surface area contributed by atoms with Crippen LogP contribution in [0.5, 0.6) is 5.75 Å². The van der Waals surface area contributed by atoms with E-state index in [1.807, 2.05) is 6.92 Å². The van der Waals surface area contributed by atoms with Crippen LogP contribution >= 0.6 is 11.6 Å². The highest BCUT2D eigenvalue weighted by Gasteiger charge is 2.09. The summed E-state index contributed by atoms with van der Waals surface area (Å²) in [5.41, 5.74) is 1.13. The van der Waals surface area contributed by atoms with Crippen LogP contribution in [-0.2, 0) is 4.74 Å². The van der Waals surface area contributed by atoms with Gasteiger partial charge in [-0.25, -0.2) is 0 Å². The van der Waals surface area contributed by atoms with E-state index < -0.39 is 0 Å². The van der Waals surface area contributed by atoms with Gasteiger partial charge in [-0.05, 0) is 43.3 Å². The molecule has 4 nitrogen and oxygen atoms in total. The number of rotatable bonds is 7. The first-order chi connectivity index (χ1) is 10.7. The Balaban J connectivity index is 1.91. The Morgan fingerprint density at radius 2 is 1.82 bits per heavy atom. The van der Waals surface area contributed by atoms with Crippen molar-refractivity contribution < 1.29 is 14.3 Å². The number of benzene rings is 2. The highest BCUT2D eigenvalue weighted by molar-refractivity contribution is 6.34. The molecule has 0 heterocycles. The molecule has 0 aliphatic heterocycles. The van der Waals surface area contributed by atoms with E-state index in [4.69, 9.17) is 21.1 Å².